The summed E-state index contributed by atoms with van der Waals surface area (Å²) >= 11 is 4.66. The molecule has 0 amide bonds. The molecule has 1 aromatic heterocycles. The van der Waals surface area contributed by atoms with Crippen LogP contribution in [-0.4, -0.2) is 59.2 Å². The number of alkyl halides is 3. The van der Waals surface area contributed by atoms with E-state index < -0.39 is 76.8 Å². The molecule has 0 saturated carbocycles. The van der Waals surface area contributed by atoms with Gasteiger partial charge in [0, 0.05) is 0 Å². The summed E-state index contributed by atoms with van der Waals surface area (Å²) in [4.78, 5) is 48.2. The van der Waals surface area contributed by atoms with Crippen molar-refractivity contribution in [2.45, 2.75) is 24.6 Å². The fourth-order valence-electron chi connectivity index (χ4n) is 2.60. The summed E-state index contributed by atoms with van der Waals surface area (Å²) in [5.41, 5.74) is -1.36. The molecule has 1 saturated heterocycles. The number of H-pyrrole nitrogens is 1. The van der Waals surface area contributed by atoms with Crippen LogP contribution in [0.15, 0.2) is 11.0 Å². The maximum absolute atomic E-state index is 13.6. The molecule has 2 rings (SSSR count). The largest absolute Gasteiger partial charge is 0.490 e. The van der Waals surface area contributed by atoms with Gasteiger partial charge in [-0.1, -0.05) is 0 Å². The van der Waals surface area contributed by atoms with Gasteiger partial charge in [-0.25, -0.2) is 13.7 Å². The summed E-state index contributed by atoms with van der Waals surface area (Å²) in [6, 6.07) is 0. The lowest BCUT2D eigenvalue weighted by Crippen LogP contribution is -2.39. The number of nitrogens with one attached hydrogen (secondary N) is 1. The highest BCUT2D eigenvalue weighted by Crippen LogP contribution is 2.66. The summed E-state index contributed by atoms with van der Waals surface area (Å²) in [6.45, 7) is -1.42. The number of hydrogen-bond donors (Lipinski definition) is 6. The van der Waals surface area contributed by atoms with Gasteiger partial charge in [0.05, 0.1) is 18.9 Å². The van der Waals surface area contributed by atoms with Crippen molar-refractivity contribution in [1.29, 1.82) is 0 Å². The normalized spacial score (nSPS) is 27.8. The fraction of sp³-hybridized carbons (Fsp3) is 0.600. The maximum Gasteiger partial charge on any atom is 0.490 e. The zero-order valence-corrected chi connectivity index (χ0v) is 18.8. The number of ether oxygens (including phenoxy) is 1. The first-order chi connectivity index (χ1) is 14.7. The number of nitrogens with zero attached hydrogens (tertiary/aromatic N) is 1. The molecule has 0 bridgehead atoms. The topological polar surface area (TPSA) is 227 Å². The third kappa shape index (κ3) is 7.57. The van der Waals surface area contributed by atoms with E-state index in [1.54, 1.807) is 4.98 Å². The van der Waals surface area contributed by atoms with Gasteiger partial charge in [0.2, 0.25) is 5.82 Å². The Morgan fingerprint density at radius 1 is 1.15 bits per heavy atom. The minimum Gasteiger partial charge on any atom is -0.389 e. The SMILES string of the molecule is O=c1[nH]c(=S)n(C2OC(COP(=O)(O)OP(=O)(O)OP(=O)(O)O)C(O)C2C(F)(F)F)cc1F. The van der Waals surface area contributed by atoms with Gasteiger partial charge in [0.15, 0.2) is 11.0 Å². The van der Waals surface area contributed by atoms with Gasteiger partial charge >= 0.3 is 29.6 Å². The first kappa shape index (κ1) is 28.4. The van der Waals surface area contributed by atoms with E-state index in [0.29, 0.717) is 4.57 Å². The van der Waals surface area contributed by atoms with Crippen molar-refractivity contribution < 1.29 is 73.8 Å². The zero-order valence-electron chi connectivity index (χ0n) is 15.3. The number of aliphatic hydroxyl groups excluding tert-OH is 1. The number of halogens is 4. The molecule has 0 aromatic carbocycles. The Kier molecular flexibility index (Phi) is 8.31. The van der Waals surface area contributed by atoms with Gasteiger partial charge in [-0.05, 0) is 12.2 Å². The second-order valence-corrected chi connectivity index (χ2v) is 11.0. The van der Waals surface area contributed by atoms with E-state index in [0.717, 1.165) is 0 Å². The second-order valence-electron chi connectivity index (χ2n) is 6.15. The summed E-state index contributed by atoms with van der Waals surface area (Å²) in [5.74, 6) is -4.39. The number of rotatable bonds is 8. The molecule has 1 fully saturated rings. The lowest BCUT2D eigenvalue weighted by molar-refractivity contribution is -0.211. The maximum atomic E-state index is 13.6. The Balaban J connectivity index is 2.25. The van der Waals surface area contributed by atoms with E-state index in [9.17, 15) is 46.1 Å². The van der Waals surface area contributed by atoms with Crippen molar-refractivity contribution >= 4 is 35.7 Å². The molecule has 0 spiro atoms. The number of phosphoric ester groups is 1. The van der Waals surface area contributed by atoms with Crippen LogP contribution in [0.25, 0.3) is 0 Å². The molecular weight excluding hydrogens is 557 g/mol. The predicted octanol–water partition coefficient (Wildman–Crippen LogP) is 0.825. The molecule has 0 radical (unpaired) electrons. The first-order valence-electron chi connectivity index (χ1n) is 7.92. The molecule has 23 heteroatoms. The van der Waals surface area contributed by atoms with E-state index in [1.807, 2.05) is 0 Å². The van der Waals surface area contributed by atoms with Gasteiger partial charge in [-0.2, -0.15) is 26.2 Å². The standard InChI is InChI=1S/C10H13F4N2O13P3S/c11-3-1-16(9(33)15-7(3)18)8-5(10(12,13)14)6(17)4(27-8)2-26-31(22,23)29-32(24,25)28-30(19,20)21/h1,4-6,8,17H,2H2,(H,22,23)(H,24,25)(H,15,18,33)(H2,19,20,21). The van der Waals surface area contributed by atoms with Crippen LogP contribution >= 0.6 is 35.7 Å². The molecule has 1 aromatic rings. The van der Waals surface area contributed by atoms with E-state index in [2.05, 4.69) is 25.4 Å². The van der Waals surface area contributed by atoms with Crippen molar-refractivity contribution in [3.63, 3.8) is 0 Å². The molecule has 33 heavy (non-hydrogen) atoms. The lowest BCUT2D eigenvalue weighted by Gasteiger charge is -2.24. The molecule has 2 heterocycles. The minimum atomic E-state index is -5.91. The summed E-state index contributed by atoms with van der Waals surface area (Å²) in [7, 11) is -17.3. The lowest BCUT2D eigenvalue weighted by atomic mass is 9.99. The Morgan fingerprint density at radius 3 is 2.24 bits per heavy atom. The van der Waals surface area contributed by atoms with Gasteiger partial charge in [0.1, 0.15) is 12.0 Å². The van der Waals surface area contributed by atoms with Crippen molar-refractivity contribution in [1.82, 2.24) is 9.55 Å². The summed E-state index contributed by atoms with van der Waals surface area (Å²) in [6.07, 6.45) is -11.9. The van der Waals surface area contributed by atoms with Crippen LogP contribution in [0, 0.1) is 16.5 Å². The van der Waals surface area contributed by atoms with Gasteiger partial charge in [-0.3, -0.25) is 18.9 Å². The van der Waals surface area contributed by atoms with Crippen molar-refractivity contribution in [3.05, 3.63) is 27.1 Å². The fourth-order valence-corrected chi connectivity index (χ4v) is 5.88. The third-order valence-corrected chi connectivity index (χ3v) is 7.88. The zero-order chi connectivity index (χ0) is 25.6. The molecule has 190 valence electrons. The van der Waals surface area contributed by atoms with E-state index in [1.165, 1.54) is 0 Å². The Hall–Kier alpha value is -0.850. The first-order valence-corrected chi connectivity index (χ1v) is 12.8. The Labute approximate surface area is 184 Å². The molecular formula is C10H13F4N2O13P3S. The monoisotopic (exact) mass is 570 g/mol. The molecule has 1 aliphatic heterocycles. The minimum absolute atomic E-state index is 0.266. The van der Waals surface area contributed by atoms with Crippen LogP contribution in [0.1, 0.15) is 6.23 Å². The molecule has 0 aliphatic carbocycles. The van der Waals surface area contributed by atoms with Crippen LogP contribution in [0.5, 0.6) is 0 Å². The van der Waals surface area contributed by atoms with Crippen LogP contribution in [-0.2, 0) is 31.6 Å². The van der Waals surface area contributed by atoms with E-state index in [-0.39, 0.29) is 6.20 Å². The number of hydrogen-bond acceptors (Lipinski definition) is 10. The Bertz CT molecular complexity index is 1150. The van der Waals surface area contributed by atoms with Crippen molar-refractivity contribution in [2.24, 2.45) is 5.92 Å². The average Bonchev–Trinajstić information content (AvgIpc) is 2.89. The van der Waals surface area contributed by atoms with Crippen LogP contribution in [0.3, 0.4) is 0 Å². The molecule has 1 aliphatic rings. The molecule has 6 atom stereocenters. The number of aliphatic hydroxyl groups is 1. The molecule has 6 N–H and O–H groups in total. The Morgan fingerprint density at radius 2 is 1.73 bits per heavy atom. The van der Waals surface area contributed by atoms with Crippen LogP contribution < -0.4 is 5.56 Å². The van der Waals surface area contributed by atoms with E-state index in [4.69, 9.17) is 19.4 Å². The number of aromatic nitrogens is 2. The van der Waals surface area contributed by atoms with E-state index >= 15 is 0 Å². The van der Waals surface area contributed by atoms with Gasteiger partial charge in [0.25, 0.3) is 5.56 Å². The van der Waals surface area contributed by atoms with Crippen LogP contribution in [0.4, 0.5) is 17.6 Å². The number of phosphoric acid groups is 3. The van der Waals surface area contributed by atoms with Crippen LogP contribution in [0.2, 0.25) is 0 Å². The average molecular weight is 570 g/mol. The summed E-state index contributed by atoms with van der Waals surface area (Å²) in [5, 5.41) is 10.0. The molecule has 6 unspecified atom stereocenters. The predicted molar refractivity (Wildman–Crippen MR) is 95.1 cm³/mol. The van der Waals surface area contributed by atoms with Crippen molar-refractivity contribution in [3.8, 4) is 0 Å². The number of aromatic amines is 1. The smallest absolute Gasteiger partial charge is 0.389 e. The molecule has 15 nitrogen and oxygen atoms in total. The third-order valence-electron chi connectivity index (χ3n) is 3.76. The van der Waals surface area contributed by atoms with Gasteiger partial charge in [-0.15, -0.1) is 0 Å². The second kappa shape index (κ2) is 9.66. The highest BCUT2D eigenvalue weighted by atomic mass is 32.1. The van der Waals surface area contributed by atoms with Crippen molar-refractivity contribution in [2.75, 3.05) is 6.61 Å². The van der Waals surface area contributed by atoms with Gasteiger partial charge < -0.3 is 29.4 Å². The summed E-state index contributed by atoms with van der Waals surface area (Å²) < 4.78 is 103. The quantitative estimate of drug-likeness (QED) is 0.145. The highest BCUT2D eigenvalue weighted by molar-refractivity contribution is 7.71. The highest BCUT2D eigenvalue weighted by Gasteiger charge is 2.58.